The van der Waals surface area contributed by atoms with Crippen molar-refractivity contribution in [3.8, 4) is 0 Å². The van der Waals surface area contributed by atoms with Crippen LogP contribution in [0.25, 0.3) is 0 Å². The largest absolute Gasteiger partial charge is 0.294 e. The number of hydrogen-bond donors (Lipinski definition) is 0. The number of rotatable bonds is 4. The second-order valence-corrected chi connectivity index (χ2v) is 5.28. The van der Waals surface area contributed by atoms with E-state index in [0.717, 1.165) is 22.8 Å². The third kappa shape index (κ3) is 2.90. The summed E-state index contributed by atoms with van der Waals surface area (Å²) in [6, 6.07) is 3.62. The minimum atomic E-state index is 0.0371. The second-order valence-electron chi connectivity index (χ2n) is 4.90. The molecule has 2 aromatic heterocycles. The van der Waals surface area contributed by atoms with Crippen molar-refractivity contribution in [2.45, 2.75) is 40.7 Å². The van der Waals surface area contributed by atoms with Crippen molar-refractivity contribution in [3.63, 3.8) is 0 Å². The van der Waals surface area contributed by atoms with E-state index in [1.165, 1.54) is 0 Å². The van der Waals surface area contributed by atoms with Crippen LogP contribution < -0.4 is 0 Å². The van der Waals surface area contributed by atoms with Gasteiger partial charge in [-0.25, -0.2) is 0 Å². The molecule has 0 saturated carbocycles. The summed E-state index contributed by atoms with van der Waals surface area (Å²) in [7, 11) is 0. The van der Waals surface area contributed by atoms with Gasteiger partial charge in [0.1, 0.15) is 0 Å². The van der Waals surface area contributed by atoms with Crippen molar-refractivity contribution in [1.29, 1.82) is 0 Å². The van der Waals surface area contributed by atoms with Crippen molar-refractivity contribution in [2.24, 2.45) is 0 Å². The minimum Gasteiger partial charge on any atom is -0.294 e. The van der Waals surface area contributed by atoms with Crippen molar-refractivity contribution in [3.05, 3.63) is 45.5 Å². The zero-order chi connectivity index (χ0) is 14.9. The van der Waals surface area contributed by atoms with Gasteiger partial charge in [0.2, 0.25) is 0 Å². The van der Waals surface area contributed by atoms with Gasteiger partial charge >= 0.3 is 0 Å². The molecule has 2 aromatic rings. The van der Waals surface area contributed by atoms with E-state index in [-0.39, 0.29) is 12.2 Å². The third-order valence-corrected chi connectivity index (χ3v) is 3.68. The topological polar surface area (TPSA) is 47.8 Å². The van der Waals surface area contributed by atoms with Crippen LogP contribution >= 0.6 is 11.6 Å². The fourth-order valence-corrected chi connectivity index (χ4v) is 2.49. The number of pyridine rings is 1. The fraction of sp³-hybridized carbons (Fsp3) is 0.400. The SMILES string of the molecule is CCn1nc(C)c(Cl)c1CC(=O)c1cc(C)nc(C)c1. The first-order chi connectivity index (χ1) is 9.42. The Hall–Kier alpha value is -1.68. The molecule has 0 aliphatic rings. The van der Waals surface area contributed by atoms with Gasteiger partial charge in [-0.3, -0.25) is 14.5 Å². The Balaban J connectivity index is 2.32. The van der Waals surface area contributed by atoms with E-state index in [0.29, 0.717) is 17.1 Å². The Labute approximate surface area is 123 Å². The van der Waals surface area contributed by atoms with Gasteiger partial charge in [-0.2, -0.15) is 5.10 Å². The van der Waals surface area contributed by atoms with Crippen LogP contribution in [0, 0.1) is 20.8 Å². The van der Waals surface area contributed by atoms with E-state index in [4.69, 9.17) is 11.6 Å². The molecule has 5 heteroatoms. The highest BCUT2D eigenvalue weighted by molar-refractivity contribution is 6.32. The highest BCUT2D eigenvalue weighted by atomic mass is 35.5. The molecule has 0 aliphatic carbocycles. The first kappa shape index (κ1) is 14.7. The minimum absolute atomic E-state index is 0.0371. The summed E-state index contributed by atoms with van der Waals surface area (Å²) in [5, 5.41) is 4.92. The van der Waals surface area contributed by atoms with E-state index in [1.807, 2.05) is 39.8 Å². The van der Waals surface area contributed by atoms with Gasteiger partial charge in [0, 0.05) is 23.5 Å². The number of hydrogen-bond acceptors (Lipinski definition) is 3. The Bertz CT molecular complexity index is 641. The number of aryl methyl sites for hydroxylation is 4. The molecule has 4 nitrogen and oxygen atoms in total. The zero-order valence-corrected chi connectivity index (χ0v) is 13.0. The van der Waals surface area contributed by atoms with Gasteiger partial charge in [0.05, 0.1) is 22.8 Å². The smallest absolute Gasteiger partial charge is 0.168 e. The maximum absolute atomic E-state index is 12.4. The highest BCUT2D eigenvalue weighted by Crippen LogP contribution is 2.22. The summed E-state index contributed by atoms with van der Waals surface area (Å²) in [6.07, 6.45) is 0.260. The number of ketones is 1. The second kappa shape index (κ2) is 5.75. The van der Waals surface area contributed by atoms with Crippen molar-refractivity contribution < 1.29 is 4.79 Å². The van der Waals surface area contributed by atoms with E-state index < -0.39 is 0 Å². The number of carbonyl (C=O) groups is 1. The Kier molecular flexibility index (Phi) is 4.23. The summed E-state index contributed by atoms with van der Waals surface area (Å²) in [6.45, 7) is 8.31. The van der Waals surface area contributed by atoms with Crippen molar-refractivity contribution in [1.82, 2.24) is 14.8 Å². The standard InChI is InChI=1S/C15H18ClN3O/c1-5-19-13(15(16)11(4)18-19)8-14(20)12-6-9(2)17-10(3)7-12/h6-7H,5,8H2,1-4H3. The Morgan fingerprint density at radius 1 is 1.25 bits per heavy atom. The van der Waals surface area contributed by atoms with E-state index in [1.54, 1.807) is 4.68 Å². The van der Waals surface area contributed by atoms with Gasteiger partial charge < -0.3 is 0 Å². The molecule has 0 aromatic carbocycles. The molecule has 0 saturated heterocycles. The Morgan fingerprint density at radius 3 is 2.40 bits per heavy atom. The molecule has 0 aliphatic heterocycles. The van der Waals surface area contributed by atoms with Crippen LogP contribution in [0.15, 0.2) is 12.1 Å². The van der Waals surface area contributed by atoms with Gasteiger partial charge in [-0.15, -0.1) is 0 Å². The lowest BCUT2D eigenvalue weighted by molar-refractivity contribution is 0.0990. The lowest BCUT2D eigenvalue weighted by atomic mass is 10.1. The molecular weight excluding hydrogens is 274 g/mol. The maximum Gasteiger partial charge on any atom is 0.168 e. The van der Waals surface area contributed by atoms with Crippen molar-refractivity contribution >= 4 is 17.4 Å². The first-order valence-corrected chi connectivity index (χ1v) is 7.00. The van der Waals surface area contributed by atoms with E-state index >= 15 is 0 Å². The van der Waals surface area contributed by atoms with Crippen LogP contribution in [0.4, 0.5) is 0 Å². The zero-order valence-electron chi connectivity index (χ0n) is 12.2. The quantitative estimate of drug-likeness (QED) is 0.812. The van der Waals surface area contributed by atoms with Crippen LogP contribution in [0.5, 0.6) is 0 Å². The first-order valence-electron chi connectivity index (χ1n) is 6.62. The molecule has 0 radical (unpaired) electrons. The molecule has 106 valence electrons. The Morgan fingerprint density at radius 2 is 1.85 bits per heavy atom. The molecule has 0 spiro atoms. The van der Waals surface area contributed by atoms with Crippen LogP contribution in [-0.2, 0) is 13.0 Å². The van der Waals surface area contributed by atoms with E-state index in [2.05, 4.69) is 10.1 Å². The summed E-state index contributed by atoms with van der Waals surface area (Å²) < 4.78 is 1.79. The molecular formula is C15H18ClN3O. The van der Waals surface area contributed by atoms with Gasteiger partial charge in [0.25, 0.3) is 0 Å². The number of halogens is 1. The molecule has 0 amide bonds. The lowest BCUT2D eigenvalue weighted by Crippen LogP contribution is -2.11. The average Bonchev–Trinajstić information content (AvgIpc) is 2.65. The van der Waals surface area contributed by atoms with E-state index in [9.17, 15) is 4.79 Å². The highest BCUT2D eigenvalue weighted by Gasteiger charge is 2.17. The molecule has 0 fully saturated rings. The van der Waals surface area contributed by atoms with Crippen LogP contribution in [0.2, 0.25) is 5.02 Å². The molecule has 0 N–H and O–H groups in total. The predicted octanol–water partition coefficient (Wildman–Crippen LogP) is 3.30. The monoisotopic (exact) mass is 291 g/mol. The molecule has 0 atom stereocenters. The van der Waals surface area contributed by atoms with Gasteiger partial charge in [-0.1, -0.05) is 11.6 Å². The molecule has 2 heterocycles. The number of aromatic nitrogens is 3. The predicted molar refractivity (Wildman–Crippen MR) is 79.4 cm³/mol. The van der Waals surface area contributed by atoms with Gasteiger partial charge in [-0.05, 0) is 39.8 Å². The normalized spacial score (nSPS) is 10.8. The number of nitrogens with zero attached hydrogens (tertiary/aromatic N) is 3. The van der Waals surface area contributed by atoms with Crippen LogP contribution in [0.3, 0.4) is 0 Å². The molecule has 0 unspecified atom stereocenters. The van der Waals surface area contributed by atoms with Crippen molar-refractivity contribution in [2.75, 3.05) is 0 Å². The lowest BCUT2D eigenvalue weighted by Gasteiger charge is -2.06. The van der Waals surface area contributed by atoms with Gasteiger partial charge in [0.15, 0.2) is 5.78 Å². The number of Topliss-reactive ketones (excluding diaryl/α,β-unsaturated/α-hetero) is 1. The summed E-state index contributed by atoms with van der Waals surface area (Å²) in [5.41, 5.74) is 3.91. The maximum atomic E-state index is 12.4. The fourth-order valence-electron chi connectivity index (χ4n) is 2.29. The summed E-state index contributed by atoms with van der Waals surface area (Å²) in [4.78, 5) is 16.7. The molecule has 2 rings (SSSR count). The van der Waals surface area contributed by atoms with Crippen LogP contribution in [0.1, 0.15) is 40.1 Å². The number of carbonyl (C=O) groups excluding carboxylic acids is 1. The third-order valence-electron chi connectivity index (χ3n) is 3.18. The molecule has 20 heavy (non-hydrogen) atoms. The summed E-state index contributed by atoms with van der Waals surface area (Å²) in [5.74, 6) is 0.0371. The average molecular weight is 292 g/mol. The molecule has 0 bridgehead atoms. The summed E-state index contributed by atoms with van der Waals surface area (Å²) >= 11 is 6.24. The van der Waals surface area contributed by atoms with Crippen LogP contribution in [-0.4, -0.2) is 20.5 Å².